The van der Waals surface area contributed by atoms with Crippen molar-refractivity contribution in [2.45, 2.75) is 33.6 Å². The minimum Gasteiger partial charge on any atom is -0.406 e. The average molecular weight is 389 g/mol. The quantitative estimate of drug-likeness (QED) is 0.790. The van der Waals surface area contributed by atoms with E-state index >= 15 is 0 Å². The number of benzene rings is 1. The second-order valence-electron chi connectivity index (χ2n) is 6.16. The first-order valence-electron chi connectivity index (χ1n) is 7.74. The van der Waals surface area contributed by atoms with E-state index < -0.39 is 17.7 Å². The van der Waals surface area contributed by atoms with Crippen LogP contribution in [0.1, 0.15) is 27.2 Å². The van der Waals surface area contributed by atoms with E-state index in [-0.39, 0.29) is 23.3 Å². The number of hydrogen-bond donors (Lipinski definition) is 2. The zero-order valence-corrected chi connectivity index (χ0v) is 15.2. The van der Waals surface area contributed by atoms with Crippen LogP contribution in [0, 0.1) is 5.41 Å². The Balaban J connectivity index is 2.00. The van der Waals surface area contributed by atoms with Gasteiger partial charge < -0.3 is 15.4 Å². The fourth-order valence-electron chi connectivity index (χ4n) is 1.88. The molecule has 0 aliphatic rings. The molecule has 10 heteroatoms. The Morgan fingerprint density at radius 2 is 1.96 bits per heavy atom. The third-order valence-electron chi connectivity index (χ3n) is 3.75. The van der Waals surface area contributed by atoms with Crippen LogP contribution in [0.15, 0.2) is 18.2 Å². The number of alkyl halides is 3. The lowest BCUT2D eigenvalue weighted by Crippen LogP contribution is -2.40. The fraction of sp³-hybridized carbons (Fsp3) is 0.438. The Kier molecular flexibility index (Phi) is 5.74. The van der Waals surface area contributed by atoms with Crippen LogP contribution in [0.5, 0.6) is 5.75 Å². The SMILES string of the molecule is CCC(C)(C)C(=O)NCC(=O)Nc1nc2ccc(OC(F)(F)F)cc2s1. The number of aromatic nitrogens is 1. The van der Waals surface area contributed by atoms with Gasteiger partial charge in [-0.05, 0) is 18.6 Å². The van der Waals surface area contributed by atoms with Crippen molar-refractivity contribution in [3.8, 4) is 5.75 Å². The molecule has 0 unspecified atom stereocenters. The number of carbonyl (C=O) groups excluding carboxylic acids is 2. The molecule has 1 aromatic heterocycles. The molecule has 2 aromatic rings. The van der Waals surface area contributed by atoms with Gasteiger partial charge in [0.1, 0.15) is 5.75 Å². The van der Waals surface area contributed by atoms with Gasteiger partial charge in [-0.2, -0.15) is 0 Å². The molecule has 1 heterocycles. The molecular weight excluding hydrogens is 371 g/mol. The lowest BCUT2D eigenvalue weighted by molar-refractivity contribution is -0.274. The zero-order chi connectivity index (χ0) is 19.5. The van der Waals surface area contributed by atoms with Crippen LogP contribution in [-0.4, -0.2) is 29.7 Å². The van der Waals surface area contributed by atoms with Crippen molar-refractivity contribution in [2.24, 2.45) is 5.41 Å². The summed E-state index contributed by atoms with van der Waals surface area (Å²) in [6, 6.07) is 3.71. The van der Waals surface area contributed by atoms with E-state index in [9.17, 15) is 22.8 Å². The molecular formula is C16H18F3N3O3S. The monoisotopic (exact) mass is 389 g/mol. The summed E-state index contributed by atoms with van der Waals surface area (Å²) in [4.78, 5) is 28.0. The maximum atomic E-state index is 12.3. The van der Waals surface area contributed by atoms with Crippen molar-refractivity contribution in [1.82, 2.24) is 10.3 Å². The minimum absolute atomic E-state index is 0.221. The number of hydrogen-bond acceptors (Lipinski definition) is 5. The van der Waals surface area contributed by atoms with Gasteiger partial charge in [0.25, 0.3) is 0 Å². The van der Waals surface area contributed by atoms with Crippen LogP contribution in [0.3, 0.4) is 0 Å². The minimum atomic E-state index is -4.78. The highest BCUT2D eigenvalue weighted by atomic mass is 32.1. The van der Waals surface area contributed by atoms with Gasteiger partial charge in [0, 0.05) is 11.5 Å². The first kappa shape index (κ1) is 20.0. The number of nitrogens with zero attached hydrogens (tertiary/aromatic N) is 1. The van der Waals surface area contributed by atoms with Crippen molar-refractivity contribution in [2.75, 3.05) is 11.9 Å². The number of thiazole rings is 1. The van der Waals surface area contributed by atoms with Gasteiger partial charge in [0.2, 0.25) is 11.8 Å². The van der Waals surface area contributed by atoms with E-state index in [0.717, 1.165) is 17.4 Å². The predicted octanol–water partition coefficient (Wildman–Crippen LogP) is 3.69. The maximum Gasteiger partial charge on any atom is 0.573 e. The van der Waals surface area contributed by atoms with Crippen LogP contribution in [0.2, 0.25) is 0 Å². The van der Waals surface area contributed by atoms with Gasteiger partial charge in [-0.15, -0.1) is 13.2 Å². The molecule has 0 saturated carbocycles. The Hall–Kier alpha value is -2.36. The summed E-state index contributed by atoms with van der Waals surface area (Å²) >= 11 is 1.01. The summed E-state index contributed by atoms with van der Waals surface area (Å²) in [5.74, 6) is -1.08. The van der Waals surface area contributed by atoms with Gasteiger partial charge in [-0.3, -0.25) is 9.59 Å². The van der Waals surface area contributed by atoms with Crippen molar-refractivity contribution in [1.29, 1.82) is 0 Å². The summed E-state index contributed by atoms with van der Waals surface area (Å²) in [6.45, 7) is 5.20. The number of anilines is 1. The highest BCUT2D eigenvalue weighted by Gasteiger charge is 2.31. The Morgan fingerprint density at radius 1 is 1.27 bits per heavy atom. The van der Waals surface area contributed by atoms with Crippen LogP contribution in [0.4, 0.5) is 18.3 Å². The first-order chi connectivity index (χ1) is 12.0. The lowest BCUT2D eigenvalue weighted by Gasteiger charge is -2.21. The molecule has 2 amide bonds. The molecule has 0 fully saturated rings. The molecule has 1 aromatic carbocycles. The normalized spacial score (nSPS) is 12.1. The summed E-state index contributed by atoms with van der Waals surface area (Å²) < 4.78 is 41.0. The van der Waals surface area contributed by atoms with E-state index in [1.54, 1.807) is 13.8 Å². The Morgan fingerprint density at radius 3 is 2.58 bits per heavy atom. The number of nitrogens with one attached hydrogen (secondary N) is 2. The summed E-state index contributed by atoms with van der Waals surface area (Å²) in [5, 5.41) is 5.28. The molecule has 142 valence electrons. The zero-order valence-electron chi connectivity index (χ0n) is 14.4. The van der Waals surface area contributed by atoms with Gasteiger partial charge in [-0.25, -0.2) is 4.98 Å². The van der Waals surface area contributed by atoms with Crippen molar-refractivity contribution in [3.63, 3.8) is 0 Å². The second-order valence-corrected chi connectivity index (χ2v) is 7.20. The van der Waals surface area contributed by atoms with E-state index in [2.05, 4.69) is 20.4 Å². The summed E-state index contributed by atoms with van der Waals surface area (Å²) in [7, 11) is 0. The molecule has 0 aliphatic heterocycles. The molecule has 0 spiro atoms. The molecule has 0 radical (unpaired) electrons. The lowest BCUT2D eigenvalue weighted by atomic mass is 9.89. The number of amides is 2. The molecule has 2 N–H and O–H groups in total. The van der Waals surface area contributed by atoms with Crippen LogP contribution in [-0.2, 0) is 9.59 Å². The van der Waals surface area contributed by atoms with E-state index in [1.165, 1.54) is 12.1 Å². The summed E-state index contributed by atoms with van der Waals surface area (Å²) in [6.07, 6.45) is -4.15. The Labute approximate surface area is 151 Å². The summed E-state index contributed by atoms with van der Waals surface area (Å²) in [5.41, 5.74) is -0.152. The number of halogens is 3. The number of ether oxygens (including phenoxy) is 1. The maximum absolute atomic E-state index is 12.3. The van der Waals surface area contributed by atoms with Crippen LogP contribution in [0.25, 0.3) is 10.2 Å². The van der Waals surface area contributed by atoms with E-state index in [0.29, 0.717) is 16.6 Å². The average Bonchev–Trinajstić information content (AvgIpc) is 2.92. The van der Waals surface area contributed by atoms with Gasteiger partial charge in [0.15, 0.2) is 5.13 Å². The van der Waals surface area contributed by atoms with Gasteiger partial charge in [0.05, 0.1) is 16.8 Å². The van der Waals surface area contributed by atoms with Crippen molar-refractivity contribution < 1.29 is 27.5 Å². The molecule has 0 bridgehead atoms. The van der Waals surface area contributed by atoms with Crippen molar-refractivity contribution >= 4 is 38.5 Å². The molecule has 0 aliphatic carbocycles. The molecule has 0 saturated heterocycles. The van der Waals surface area contributed by atoms with Gasteiger partial charge >= 0.3 is 6.36 Å². The number of rotatable bonds is 6. The second kappa shape index (κ2) is 7.48. The first-order valence-corrected chi connectivity index (χ1v) is 8.56. The highest BCUT2D eigenvalue weighted by molar-refractivity contribution is 7.22. The molecule has 2 rings (SSSR count). The number of fused-ring (bicyclic) bond motifs is 1. The fourth-order valence-corrected chi connectivity index (χ4v) is 2.79. The van der Waals surface area contributed by atoms with Crippen LogP contribution >= 0.6 is 11.3 Å². The topological polar surface area (TPSA) is 80.3 Å². The van der Waals surface area contributed by atoms with Crippen LogP contribution < -0.4 is 15.4 Å². The van der Waals surface area contributed by atoms with Crippen molar-refractivity contribution in [3.05, 3.63) is 18.2 Å². The van der Waals surface area contributed by atoms with E-state index in [1.807, 2.05) is 6.92 Å². The largest absolute Gasteiger partial charge is 0.573 e. The molecule has 26 heavy (non-hydrogen) atoms. The standard InChI is InChI=1S/C16H18F3N3O3S/c1-4-15(2,3)13(24)20-8-12(23)22-14-21-10-6-5-9(7-11(10)26-14)25-16(17,18)19/h5-7H,4,8H2,1-3H3,(H,20,24)(H,21,22,23). The third kappa shape index (κ3) is 5.32. The Bertz CT molecular complexity index is 818. The number of carbonyl (C=O) groups is 2. The van der Waals surface area contributed by atoms with Gasteiger partial charge in [-0.1, -0.05) is 32.1 Å². The highest BCUT2D eigenvalue weighted by Crippen LogP contribution is 2.31. The third-order valence-corrected chi connectivity index (χ3v) is 4.68. The molecule has 0 atom stereocenters. The predicted molar refractivity (Wildman–Crippen MR) is 92.0 cm³/mol. The smallest absolute Gasteiger partial charge is 0.406 e. The molecule has 6 nitrogen and oxygen atoms in total. The van der Waals surface area contributed by atoms with E-state index in [4.69, 9.17) is 0 Å².